The van der Waals surface area contributed by atoms with Gasteiger partial charge in [0.15, 0.2) is 0 Å². The van der Waals surface area contributed by atoms with Gasteiger partial charge in [-0.3, -0.25) is 4.79 Å². The first-order valence-electron chi connectivity index (χ1n) is 8.72. The molecule has 0 saturated heterocycles. The van der Waals surface area contributed by atoms with Crippen LogP contribution < -0.4 is 5.32 Å². The Bertz CT molecular complexity index is 922. The van der Waals surface area contributed by atoms with E-state index in [1.165, 1.54) is 11.3 Å². The summed E-state index contributed by atoms with van der Waals surface area (Å²) in [4.78, 5) is 28.8. The number of benzene rings is 2. The van der Waals surface area contributed by atoms with Crippen LogP contribution in [0.3, 0.4) is 0 Å². The van der Waals surface area contributed by atoms with E-state index in [0.29, 0.717) is 17.9 Å². The van der Waals surface area contributed by atoms with Crippen molar-refractivity contribution in [3.8, 4) is 10.6 Å². The van der Waals surface area contributed by atoms with Crippen LogP contribution >= 0.6 is 11.3 Å². The maximum atomic E-state index is 12.3. The molecule has 0 atom stereocenters. The molecule has 5 nitrogen and oxygen atoms in total. The average molecular weight is 380 g/mol. The predicted molar refractivity (Wildman–Crippen MR) is 107 cm³/mol. The summed E-state index contributed by atoms with van der Waals surface area (Å²) in [6, 6.07) is 16.6. The van der Waals surface area contributed by atoms with Crippen molar-refractivity contribution in [3.05, 3.63) is 71.2 Å². The molecule has 3 rings (SSSR count). The first-order chi connectivity index (χ1) is 13.2. The number of carbonyl (C=O) groups excluding carboxylic acids is 2. The molecule has 0 saturated carbocycles. The first kappa shape index (κ1) is 18.8. The van der Waals surface area contributed by atoms with Crippen molar-refractivity contribution in [3.63, 3.8) is 0 Å². The van der Waals surface area contributed by atoms with Gasteiger partial charge >= 0.3 is 5.97 Å². The number of carbonyl (C=O) groups is 2. The fraction of sp³-hybridized carbons (Fsp3) is 0.190. The third kappa shape index (κ3) is 5.24. The number of amides is 1. The van der Waals surface area contributed by atoms with Crippen molar-refractivity contribution >= 4 is 28.9 Å². The summed E-state index contributed by atoms with van der Waals surface area (Å²) in [7, 11) is 0. The minimum Gasteiger partial charge on any atom is -0.462 e. The number of nitrogens with zero attached hydrogens (tertiary/aromatic N) is 1. The molecular formula is C21H20N2O3S. The second-order valence-corrected chi connectivity index (χ2v) is 6.81. The van der Waals surface area contributed by atoms with Crippen molar-refractivity contribution in [2.24, 2.45) is 0 Å². The molecule has 0 bridgehead atoms. The summed E-state index contributed by atoms with van der Waals surface area (Å²) in [6.45, 7) is 2.31. The Morgan fingerprint density at radius 2 is 1.93 bits per heavy atom. The lowest BCUT2D eigenvalue weighted by Gasteiger charge is -2.07. The van der Waals surface area contributed by atoms with Crippen LogP contribution in [0.25, 0.3) is 10.6 Å². The maximum absolute atomic E-state index is 12.3. The molecule has 0 aliphatic carbocycles. The first-order valence-corrected chi connectivity index (χ1v) is 9.60. The van der Waals surface area contributed by atoms with Crippen molar-refractivity contribution in [1.82, 2.24) is 4.98 Å². The summed E-state index contributed by atoms with van der Waals surface area (Å²) in [5.74, 6) is -0.570. The fourth-order valence-corrected chi connectivity index (χ4v) is 3.30. The number of ether oxygens (including phenoxy) is 1. The third-order valence-corrected chi connectivity index (χ3v) is 4.67. The monoisotopic (exact) mass is 380 g/mol. The Hall–Kier alpha value is -2.99. The fourth-order valence-electron chi connectivity index (χ4n) is 2.47. The summed E-state index contributed by atoms with van der Waals surface area (Å²) >= 11 is 1.51. The number of hydrogen-bond acceptors (Lipinski definition) is 5. The molecule has 1 heterocycles. The average Bonchev–Trinajstić information content (AvgIpc) is 3.15. The molecule has 27 heavy (non-hydrogen) atoms. The van der Waals surface area contributed by atoms with Gasteiger partial charge in [-0.05, 0) is 24.6 Å². The van der Waals surface area contributed by atoms with Gasteiger partial charge in [0.1, 0.15) is 5.01 Å². The van der Waals surface area contributed by atoms with Gasteiger partial charge in [0.05, 0.1) is 24.3 Å². The number of anilines is 1. The molecule has 2 aromatic carbocycles. The van der Waals surface area contributed by atoms with Crippen molar-refractivity contribution in [1.29, 1.82) is 0 Å². The highest BCUT2D eigenvalue weighted by molar-refractivity contribution is 7.13. The van der Waals surface area contributed by atoms with Gasteiger partial charge in [0.25, 0.3) is 0 Å². The zero-order chi connectivity index (χ0) is 19.1. The zero-order valence-electron chi connectivity index (χ0n) is 15.0. The summed E-state index contributed by atoms with van der Waals surface area (Å²) < 4.78 is 5.12. The molecule has 138 valence electrons. The quantitative estimate of drug-likeness (QED) is 0.610. The standard InChI is InChI=1S/C21H20N2O3S/c1-2-11-26-21(25)16-9-6-10-17(12-16)22-19(24)13-18-14-27-20(23-18)15-7-4-3-5-8-15/h3-10,12,14H,2,11,13H2,1H3,(H,22,24). The van der Waals surface area contributed by atoms with E-state index >= 15 is 0 Å². The van der Waals surface area contributed by atoms with Crippen LogP contribution in [0.1, 0.15) is 29.4 Å². The van der Waals surface area contributed by atoms with Gasteiger partial charge in [0, 0.05) is 16.6 Å². The van der Waals surface area contributed by atoms with E-state index in [1.807, 2.05) is 42.6 Å². The van der Waals surface area contributed by atoms with Crippen LogP contribution in [0.4, 0.5) is 5.69 Å². The highest BCUT2D eigenvalue weighted by Gasteiger charge is 2.11. The Balaban J connectivity index is 1.61. The van der Waals surface area contributed by atoms with E-state index in [9.17, 15) is 9.59 Å². The topological polar surface area (TPSA) is 68.3 Å². The van der Waals surface area contributed by atoms with Crippen LogP contribution in [-0.4, -0.2) is 23.5 Å². The van der Waals surface area contributed by atoms with E-state index < -0.39 is 0 Å². The number of thiazole rings is 1. The molecule has 3 aromatic rings. The predicted octanol–water partition coefficient (Wildman–Crippen LogP) is 4.56. The van der Waals surface area contributed by atoms with E-state index in [4.69, 9.17) is 4.74 Å². The van der Waals surface area contributed by atoms with Crippen molar-refractivity contribution in [2.75, 3.05) is 11.9 Å². The summed E-state index contributed by atoms with van der Waals surface area (Å²) in [5.41, 5.74) is 2.73. The summed E-state index contributed by atoms with van der Waals surface area (Å²) in [6.07, 6.45) is 0.939. The lowest BCUT2D eigenvalue weighted by atomic mass is 10.2. The smallest absolute Gasteiger partial charge is 0.338 e. The van der Waals surface area contributed by atoms with Gasteiger partial charge in [-0.2, -0.15) is 0 Å². The van der Waals surface area contributed by atoms with E-state index in [2.05, 4.69) is 10.3 Å². The second-order valence-electron chi connectivity index (χ2n) is 5.95. The Kier molecular flexibility index (Phi) is 6.33. The van der Waals surface area contributed by atoms with Crippen LogP contribution in [0.2, 0.25) is 0 Å². The molecule has 0 unspecified atom stereocenters. The van der Waals surface area contributed by atoms with Crippen molar-refractivity contribution in [2.45, 2.75) is 19.8 Å². The minimum absolute atomic E-state index is 0.174. The molecule has 1 aromatic heterocycles. The SMILES string of the molecule is CCCOC(=O)c1cccc(NC(=O)Cc2csc(-c3ccccc3)n2)c1. The van der Waals surface area contributed by atoms with Gasteiger partial charge in [-0.25, -0.2) is 9.78 Å². The molecule has 6 heteroatoms. The number of rotatable bonds is 7. The summed E-state index contributed by atoms with van der Waals surface area (Å²) in [5, 5.41) is 5.59. The van der Waals surface area contributed by atoms with Crippen LogP contribution in [0, 0.1) is 0 Å². The number of aromatic nitrogens is 1. The molecule has 0 aliphatic rings. The van der Waals surface area contributed by atoms with Gasteiger partial charge in [0.2, 0.25) is 5.91 Å². The van der Waals surface area contributed by atoms with Crippen LogP contribution in [0.15, 0.2) is 60.0 Å². The molecule has 0 radical (unpaired) electrons. The van der Waals surface area contributed by atoms with E-state index in [0.717, 1.165) is 22.7 Å². The molecule has 1 N–H and O–H groups in total. The van der Waals surface area contributed by atoms with Crippen LogP contribution in [0.5, 0.6) is 0 Å². The number of esters is 1. The number of hydrogen-bond donors (Lipinski definition) is 1. The highest BCUT2D eigenvalue weighted by atomic mass is 32.1. The Morgan fingerprint density at radius 1 is 1.11 bits per heavy atom. The molecule has 0 aliphatic heterocycles. The molecule has 0 fully saturated rings. The van der Waals surface area contributed by atoms with Crippen LogP contribution in [-0.2, 0) is 16.0 Å². The van der Waals surface area contributed by atoms with E-state index in [-0.39, 0.29) is 18.3 Å². The lowest BCUT2D eigenvalue weighted by Crippen LogP contribution is -2.15. The minimum atomic E-state index is -0.389. The molecule has 1 amide bonds. The van der Waals surface area contributed by atoms with Gasteiger partial charge in [-0.1, -0.05) is 43.3 Å². The maximum Gasteiger partial charge on any atom is 0.338 e. The second kappa shape index (κ2) is 9.09. The largest absolute Gasteiger partial charge is 0.462 e. The van der Waals surface area contributed by atoms with Gasteiger partial charge in [-0.15, -0.1) is 11.3 Å². The highest BCUT2D eigenvalue weighted by Crippen LogP contribution is 2.23. The molecular weight excluding hydrogens is 360 g/mol. The van der Waals surface area contributed by atoms with Crippen molar-refractivity contribution < 1.29 is 14.3 Å². The number of nitrogens with one attached hydrogen (secondary N) is 1. The van der Waals surface area contributed by atoms with Gasteiger partial charge < -0.3 is 10.1 Å². The Labute approximate surface area is 162 Å². The molecule has 0 spiro atoms. The lowest BCUT2D eigenvalue weighted by molar-refractivity contribution is -0.115. The third-order valence-electron chi connectivity index (χ3n) is 3.73. The zero-order valence-corrected chi connectivity index (χ0v) is 15.8. The Morgan fingerprint density at radius 3 is 2.70 bits per heavy atom. The normalized spacial score (nSPS) is 10.4. The van der Waals surface area contributed by atoms with E-state index in [1.54, 1.807) is 24.3 Å².